The minimum atomic E-state index is -0.386. The zero-order valence-electron chi connectivity index (χ0n) is 19.6. The molecule has 1 unspecified atom stereocenters. The Hall–Kier alpha value is -3.23. The highest BCUT2D eigenvalue weighted by atomic mass is 79.9. The third kappa shape index (κ3) is 8.19. The predicted molar refractivity (Wildman–Crippen MR) is 147 cm³/mol. The number of rotatable bonds is 9. The second-order valence-corrected chi connectivity index (χ2v) is 9.32. The van der Waals surface area contributed by atoms with Crippen molar-refractivity contribution in [1.29, 1.82) is 0 Å². The van der Waals surface area contributed by atoms with Crippen LogP contribution in [0.1, 0.15) is 46.5 Å². The summed E-state index contributed by atoms with van der Waals surface area (Å²) < 4.78 is 6.66. The largest absolute Gasteiger partial charge is 0.492 e. The van der Waals surface area contributed by atoms with Gasteiger partial charge in [-0.25, -0.2) is 0 Å². The molecule has 35 heavy (non-hydrogen) atoms. The molecular formula is C27H28BrN3O3S. The van der Waals surface area contributed by atoms with E-state index >= 15 is 0 Å². The van der Waals surface area contributed by atoms with Crippen LogP contribution in [0.5, 0.6) is 5.75 Å². The molecule has 0 bridgehead atoms. The fourth-order valence-corrected chi connectivity index (χ4v) is 3.75. The van der Waals surface area contributed by atoms with E-state index in [1.54, 1.807) is 36.4 Å². The van der Waals surface area contributed by atoms with Crippen LogP contribution in [0.15, 0.2) is 77.3 Å². The summed E-state index contributed by atoms with van der Waals surface area (Å²) in [7, 11) is 0. The minimum absolute atomic E-state index is 0.105. The summed E-state index contributed by atoms with van der Waals surface area (Å²) in [6.45, 7) is 4.41. The van der Waals surface area contributed by atoms with Gasteiger partial charge in [-0.05, 0) is 73.6 Å². The minimum Gasteiger partial charge on any atom is -0.492 e. The number of halogens is 1. The number of hydrogen-bond acceptors (Lipinski definition) is 4. The molecule has 0 aliphatic rings. The van der Waals surface area contributed by atoms with Crippen LogP contribution in [0.4, 0.5) is 5.69 Å². The van der Waals surface area contributed by atoms with Crippen molar-refractivity contribution >= 4 is 50.8 Å². The van der Waals surface area contributed by atoms with Gasteiger partial charge in [-0.15, -0.1) is 0 Å². The topological polar surface area (TPSA) is 79.5 Å². The fourth-order valence-electron chi connectivity index (χ4n) is 3.18. The predicted octanol–water partition coefficient (Wildman–Crippen LogP) is 5.73. The first-order valence-electron chi connectivity index (χ1n) is 11.3. The number of carbonyl (C=O) groups is 2. The second-order valence-electron chi connectivity index (χ2n) is 7.99. The number of ether oxygens (including phenoxy) is 1. The van der Waals surface area contributed by atoms with E-state index in [-0.39, 0.29) is 23.0 Å². The highest BCUT2D eigenvalue weighted by Gasteiger charge is 2.15. The molecule has 3 rings (SSSR count). The van der Waals surface area contributed by atoms with Gasteiger partial charge < -0.3 is 15.4 Å². The van der Waals surface area contributed by atoms with Crippen molar-refractivity contribution in [2.24, 2.45) is 0 Å². The van der Waals surface area contributed by atoms with E-state index in [9.17, 15) is 9.59 Å². The van der Waals surface area contributed by atoms with Crippen molar-refractivity contribution in [3.63, 3.8) is 0 Å². The Morgan fingerprint density at radius 3 is 2.40 bits per heavy atom. The molecule has 0 saturated heterocycles. The van der Waals surface area contributed by atoms with E-state index in [1.807, 2.05) is 50.2 Å². The van der Waals surface area contributed by atoms with Gasteiger partial charge in [0.15, 0.2) is 5.11 Å². The second kappa shape index (κ2) is 13.0. The Morgan fingerprint density at radius 2 is 1.71 bits per heavy atom. The van der Waals surface area contributed by atoms with Crippen LogP contribution in [0.2, 0.25) is 0 Å². The molecule has 3 aromatic carbocycles. The first-order valence-corrected chi connectivity index (χ1v) is 12.6. The molecule has 2 amide bonds. The summed E-state index contributed by atoms with van der Waals surface area (Å²) in [6.07, 6.45) is 1.58. The third-order valence-electron chi connectivity index (χ3n) is 5.30. The molecule has 0 aromatic heterocycles. The number of anilines is 1. The smallest absolute Gasteiger partial charge is 0.261 e. The first-order chi connectivity index (χ1) is 16.9. The Morgan fingerprint density at radius 1 is 1.00 bits per heavy atom. The number of benzene rings is 3. The van der Waals surface area contributed by atoms with Crippen LogP contribution in [-0.4, -0.2) is 29.6 Å². The molecule has 3 aromatic rings. The van der Waals surface area contributed by atoms with Gasteiger partial charge in [0.25, 0.3) is 11.8 Å². The van der Waals surface area contributed by atoms with E-state index in [0.717, 1.165) is 22.9 Å². The SMILES string of the molecule is CCC(C)NC(=O)c1ccc(NC(=S)NC(=O)c2cc(Br)ccc2OCCc2ccccc2)cc1. The number of thiocarbonyl (C=S) groups is 1. The lowest BCUT2D eigenvalue weighted by Crippen LogP contribution is -2.34. The molecule has 1 atom stereocenters. The average Bonchev–Trinajstić information content (AvgIpc) is 2.85. The van der Waals surface area contributed by atoms with Gasteiger partial charge in [-0.2, -0.15) is 0 Å². The standard InChI is InChI=1S/C27H28BrN3O3S/c1-3-18(2)29-25(32)20-9-12-22(13-10-20)30-27(35)31-26(33)23-17-21(28)11-14-24(23)34-16-15-19-7-5-4-6-8-19/h4-14,17-18H,3,15-16H2,1-2H3,(H,29,32)(H2,30,31,33,35). The molecule has 0 radical (unpaired) electrons. The quantitative estimate of drug-likeness (QED) is 0.295. The third-order valence-corrected chi connectivity index (χ3v) is 6.00. The average molecular weight is 555 g/mol. The van der Waals surface area contributed by atoms with Crippen molar-refractivity contribution in [2.45, 2.75) is 32.7 Å². The first kappa shape index (κ1) is 26.4. The van der Waals surface area contributed by atoms with Crippen molar-refractivity contribution in [3.8, 4) is 5.75 Å². The maximum absolute atomic E-state index is 12.9. The summed E-state index contributed by atoms with van der Waals surface area (Å²) in [5.41, 5.74) is 2.74. The molecule has 0 aliphatic carbocycles. The zero-order chi connectivity index (χ0) is 25.2. The van der Waals surface area contributed by atoms with Crippen LogP contribution >= 0.6 is 28.1 Å². The monoisotopic (exact) mass is 553 g/mol. The van der Waals surface area contributed by atoms with Gasteiger partial charge in [0.1, 0.15) is 5.75 Å². The number of carbonyl (C=O) groups excluding carboxylic acids is 2. The molecule has 0 heterocycles. The van der Waals surface area contributed by atoms with Gasteiger partial charge >= 0.3 is 0 Å². The summed E-state index contributed by atoms with van der Waals surface area (Å²) in [5.74, 6) is -0.0413. The Bertz CT molecular complexity index is 1170. The van der Waals surface area contributed by atoms with Crippen LogP contribution in [0, 0.1) is 0 Å². The summed E-state index contributed by atoms with van der Waals surface area (Å²) in [5, 5.41) is 8.73. The maximum atomic E-state index is 12.9. The van der Waals surface area contributed by atoms with E-state index in [4.69, 9.17) is 17.0 Å². The molecule has 6 nitrogen and oxygen atoms in total. The Labute approximate surface area is 219 Å². The molecule has 0 saturated carbocycles. The number of amides is 2. The van der Waals surface area contributed by atoms with Gasteiger partial charge in [-0.3, -0.25) is 14.9 Å². The normalized spacial score (nSPS) is 11.3. The summed E-state index contributed by atoms with van der Waals surface area (Å²) in [6, 6.07) is 22.3. The molecule has 0 aliphatic heterocycles. The van der Waals surface area contributed by atoms with E-state index in [1.165, 1.54) is 0 Å². The molecule has 182 valence electrons. The number of hydrogen-bond donors (Lipinski definition) is 3. The molecular weight excluding hydrogens is 526 g/mol. The summed E-state index contributed by atoms with van der Waals surface area (Å²) in [4.78, 5) is 25.2. The highest BCUT2D eigenvalue weighted by molar-refractivity contribution is 9.10. The van der Waals surface area contributed by atoms with E-state index in [2.05, 4.69) is 31.9 Å². The van der Waals surface area contributed by atoms with Gasteiger partial charge in [0, 0.05) is 28.2 Å². The lowest BCUT2D eigenvalue weighted by molar-refractivity contribution is 0.0937. The van der Waals surface area contributed by atoms with Crippen LogP contribution in [-0.2, 0) is 6.42 Å². The lowest BCUT2D eigenvalue weighted by Gasteiger charge is -2.14. The molecule has 0 fully saturated rings. The van der Waals surface area contributed by atoms with Crippen LogP contribution in [0.3, 0.4) is 0 Å². The van der Waals surface area contributed by atoms with Gasteiger partial charge in [0.05, 0.1) is 12.2 Å². The van der Waals surface area contributed by atoms with Crippen LogP contribution in [0.25, 0.3) is 0 Å². The molecule has 8 heteroatoms. The van der Waals surface area contributed by atoms with Gasteiger partial charge in [0.2, 0.25) is 0 Å². The van der Waals surface area contributed by atoms with Crippen molar-refractivity contribution in [2.75, 3.05) is 11.9 Å². The van der Waals surface area contributed by atoms with E-state index < -0.39 is 0 Å². The van der Waals surface area contributed by atoms with Gasteiger partial charge in [-0.1, -0.05) is 53.2 Å². The van der Waals surface area contributed by atoms with Crippen molar-refractivity contribution in [1.82, 2.24) is 10.6 Å². The van der Waals surface area contributed by atoms with Crippen LogP contribution < -0.4 is 20.7 Å². The Kier molecular flexibility index (Phi) is 9.81. The van der Waals surface area contributed by atoms with E-state index in [0.29, 0.717) is 29.2 Å². The fraction of sp³-hybridized carbons (Fsp3) is 0.222. The maximum Gasteiger partial charge on any atom is 0.261 e. The summed E-state index contributed by atoms with van der Waals surface area (Å²) >= 11 is 8.73. The Balaban J connectivity index is 1.58. The molecule has 0 spiro atoms. The highest BCUT2D eigenvalue weighted by Crippen LogP contribution is 2.24. The number of nitrogens with one attached hydrogen (secondary N) is 3. The lowest BCUT2D eigenvalue weighted by atomic mass is 10.1. The van der Waals surface area contributed by atoms with Crippen molar-refractivity contribution in [3.05, 3.63) is 94.0 Å². The zero-order valence-corrected chi connectivity index (χ0v) is 22.0. The molecule has 3 N–H and O–H groups in total. The van der Waals surface area contributed by atoms with Crippen molar-refractivity contribution < 1.29 is 14.3 Å².